The van der Waals surface area contributed by atoms with Gasteiger partial charge in [-0.3, -0.25) is 9.59 Å². The van der Waals surface area contributed by atoms with Crippen LogP contribution < -0.4 is 10.6 Å². The van der Waals surface area contributed by atoms with Gasteiger partial charge in [-0.25, -0.2) is 4.79 Å². The third-order valence-electron chi connectivity index (χ3n) is 5.84. The normalized spacial score (nSPS) is 14.5. The molecule has 1 rings (SSSR count). The van der Waals surface area contributed by atoms with Gasteiger partial charge < -0.3 is 20.3 Å². The van der Waals surface area contributed by atoms with Crippen LogP contribution >= 0.6 is 0 Å². The lowest BCUT2D eigenvalue weighted by Gasteiger charge is -2.44. The maximum Gasteiger partial charge on any atom is 0.408 e. The van der Waals surface area contributed by atoms with E-state index in [1.165, 1.54) is 0 Å². The molecule has 7 heteroatoms. The first kappa shape index (κ1) is 30.5. The number of alkyl carbamates (subject to hydrolysis) is 1. The monoisotopic (exact) mass is 489 g/mol. The average Bonchev–Trinajstić information content (AvgIpc) is 2.73. The van der Waals surface area contributed by atoms with Crippen LogP contribution in [-0.2, 0) is 14.3 Å². The highest BCUT2D eigenvalue weighted by molar-refractivity contribution is 5.92. The molecule has 198 valence electrons. The van der Waals surface area contributed by atoms with Crippen molar-refractivity contribution in [3.8, 4) is 0 Å². The Hall–Kier alpha value is -2.57. The zero-order valence-corrected chi connectivity index (χ0v) is 23.5. The van der Waals surface area contributed by atoms with E-state index >= 15 is 0 Å². The molecule has 3 amide bonds. The highest BCUT2D eigenvalue weighted by Crippen LogP contribution is 2.31. The van der Waals surface area contributed by atoms with Crippen LogP contribution in [0.1, 0.15) is 98.7 Å². The Morgan fingerprint density at radius 1 is 1.00 bits per heavy atom. The van der Waals surface area contributed by atoms with Crippen molar-refractivity contribution >= 4 is 17.9 Å². The molecule has 0 aliphatic carbocycles. The molecule has 35 heavy (non-hydrogen) atoms. The molecule has 2 N–H and O–H groups in total. The lowest BCUT2D eigenvalue weighted by Crippen LogP contribution is -2.60. The van der Waals surface area contributed by atoms with Crippen LogP contribution in [0.15, 0.2) is 24.3 Å². The molecule has 0 aromatic heterocycles. The van der Waals surface area contributed by atoms with E-state index in [4.69, 9.17) is 4.74 Å². The van der Waals surface area contributed by atoms with Crippen LogP contribution in [0.5, 0.6) is 0 Å². The molecular weight excluding hydrogens is 442 g/mol. The van der Waals surface area contributed by atoms with E-state index < -0.39 is 29.3 Å². The Balaban J connectivity index is 3.52. The van der Waals surface area contributed by atoms with Gasteiger partial charge in [0.25, 0.3) is 0 Å². The van der Waals surface area contributed by atoms with Gasteiger partial charge in [-0.05, 0) is 66.4 Å². The first-order valence-electron chi connectivity index (χ1n) is 12.8. The molecule has 0 saturated carbocycles. The maximum atomic E-state index is 14.2. The third-order valence-corrected chi connectivity index (χ3v) is 5.84. The number of hydrogen-bond donors (Lipinski definition) is 2. The lowest BCUT2D eigenvalue weighted by atomic mass is 9.91. The van der Waals surface area contributed by atoms with E-state index in [9.17, 15) is 14.4 Å². The summed E-state index contributed by atoms with van der Waals surface area (Å²) in [5, 5.41) is 5.81. The molecule has 0 aliphatic heterocycles. The van der Waals surface area contributed by atoms with E-state index in [0.717, 1.165) is 24.0 Å². The van der Waals surface area contributed by atoms with Gasteiger partial charge in [-0.15, -0.1) is 0 Å². The fourth-order valence-corrected chi connectivity index (χ4v) is 3.76. The first-order valence-corrected chi connectivity index (χ1v) is 12.8. The summed E-state index contributed by atoms with van der Waals surface area (Å²) in [6.45, 7) is 19.5. The van der Waals surface area contributed by atoms with Gasteiger partial charge in [0.15, 0.2) is 0 Å². The number of carbonyl (C=O) groups is 3. The Bertz CT molecular complexity index is 837. The molecule has 1 aromatic carbocycles. The van der Waals surface area contributed by atoms with Crippen LogP contribution in [0.3, 0.4) is 0 Å². The lowest BCUT2D eigenvalue weighted by molar-refractivity contribution is -0.149. The maximum absolute atomic E-state index is 14.2. The van der Waals surface area contributed by atoms with Crippen molar-refractivity contribution in [2.45, 2.75) is 112 Å². The minimum Gasteiger partial charge on any atom is -0.444 e. The predicted molar refractivity (Wildman–Crippen MR) is 141 cm³/mol. The number of amides is 3. The SMILES string of the molecule is CCCCNC(=O)C(c1ccc(C)cc1)N(C(=O)C(NC(=O)OC(C)(C)C)C(C)CC)C(C)(C)C. The molecule has 1 aromatic rings. The van der Waals surface area contributed by atoms with Crippen molar-refractivity contribution in [1.29, 1.82) is 0 Å². The van der Waals surface area contributed by atoms with Crippen molar-refractivity contribution in [1.82, 2.24) is 15.5 Å². The van der Waals surface area contributed by atoms with Crippen molar-refractivity contribution in [3.63, 3.8) is 0 Å². The number of nitrogens with zero attached hydrogens (tertiary/aromatic N) is 1. The van der Waals surface area contributed by atoms with E-state index in [1.807, 2.05) is 65.8 Å². The van der Waals surface area contributed by atoms with E-state index in [0.29, 0.717) is 13.0 Å². The molecule has 0 aliphatic rings. The minimum atomic E-state index is -0.842. The first-order chi connectivity index (χ1) is 16.1. The Labute approximate surface area is 212 Å². The summed E-state index contributed by atoms with van der Waals surface area (Å²) < 4.78 is 5.45. The molecule has 0 heterocycles. The highest BCUT2D eigenvalue weighted by atomic mass is 16.6. The molecule has 0 radical (unpaired) electrons. The van der Waals surface area contributed by atoms with Gasteiger partial charge in [0.1, 0.15) is 17.7 Å². The third kappa shape index (κ3) is 9.54. The number of hydrogen-bond acceptors (Lipinski definition) is 4. The van der Waals surface area contributed by atoms with Crippen molar-refractivity contribution in [3.05, 3.63) is 35.4 Å². The van der Waals surface area contributed by atoms with E-state index in [-0.39, 0.29) is 17.7 Å². The van der Waals surface area contributed by atoms with Gasteiger partial charge in [0.05, 0.1) is 0 Å². The molecule has 7 nitrogen and oxygen atoms in total. The van der Waals surface area contributed by atoms with Crippen molar-refractivity contribution in [2.75, 3.05) is 6.54 Å². The topological polar surface area (TPSA) is 87.7 Å². The zero-order valence-electron chi connectivity index (χ0n) is 23.5. The van der Waals surface area contributed by atoms with Crippen molar-refractivity contribution < 1.29 is 19.1 Å². The summed E-state index contributed by atoms with van der Waals surface area (Å²) in [6.07, 6.45) is 1.82. The zero-order chi connectivity index (χ0) is 27.0. The van der Waals surface area contributed by atoms with Gasteiger partial charge in [0.2, 0.25) is 11.8 Å². The summed E-state index contributed by atoms with van der Waals surface area (Å²) >= 11 is 0. The van der Waals surface area contributed by atoms with Crippen LogP contribution in [-0.4, -0.2) is 46.5 Å². The van der Waals surface area contributed by atoms with Crippen LogP contribution in [0.2, 0.25) is 0 Å². The van der Waals surface area contributed by atoms with Crippen LogP contribution in [0, 0.1) is 12.8 Å². The summed E-state index contributed by atoms with van der Waals surface area (Å²) in [4.78, 5) is 42.0. The smallest absolute Gasteiger partial charge is 0.408 e. The highest BCUT2D eigenvalue weighted by Gasteiger charge is 2.43. The van der Waals surface area contributed by atoms with E-state index in [1.54, 1.807) is 25.7 Å². The van der Waals surface area contributed by atoms with Gasteiger partial charge >= 0.3 is 6.09 Å². The predicted octanol–water partition coefficient (Wildman–Crippen LogP) is 5.52. The molecule has 3 unspecified atom stereocenters. The van der Waals surface area contributed by atoms with Crippen LogP contribution in [0.4, 0.5) is 4.79 Å². The molecule has 0 fully saturated rings. The summed E-state index contributed by atoms with van der Waals surface area (Å²) in [5.74, 6) is -0.707. The fourth-order valence-electron chi connectivity index (χ4n) is 3.76. The van der Waals surface area contributed by atoms with Crippen LogP contribution in [0.25, 0.3) is 0 Å². The number of aryl methyl sites for hydroxylation is 1. The second-order valence-electron chi connectivity index (χ2n) is 11.3. The quantitative estimate of drug-likeness (QED) is 0.424. The number of carbonyl (C=O) groups excluding carboxylic acids is 3. The van der Waals surface area contributed by atoms with Gasteiger partial charge in [-0.2, -0.15) is 0 Å². The number of unbranched alkanes of at least 4 members (excludes halogenated alkanes) is 1. The number of nitrogens with one attached hydrogen (secondary N) is 2. The van der Waals surface area contributed by atoms with E-state index in [2.05, 4.69) is 17.6 Å². The molecule has 3 atom stereocenters. The largest absolute Gasteiger partial charge is 0.444 e. The number of benzene rings is 1. The standard InChI is InChI=1S/C28H47N3O4/c1-11-13-18-29-24(32)23(21-16-14-19(3)15-17-21)31(27(5,6)7)25(33)22(20(4)12-2)30-26(34)35-28(8,9)10/h14-17,20,22-23H,11-13,18H2,1-10H3,(H,29,32)(H,30,34). The molecule has 0 bridgehead atoms. The van der Waals surface area contributed by atoms with Crippen molar-refractivity contribution in [2.24, 2.45) is 5.92 Å². The summed E-state index contributed by atoms with van der Waals surface area (Å²) in [5.41, 5.74) is 0.404. The Morgan fingerprint density at radius 2 is 1.57 bits per heavy atom. The second kappa shape index (κ2) is 12.9. The Kier molecular flexibility index (Phi) is 11.3. The van der Waals surface area contributed by atoms with Gasteiger partial charge in [0, 0.05) is 12.1 Å². The number of rotatable bonds is 10. The average molecular weight is 490 g/mol. The number of ether oxygens (including phenoxy) is 1. The fraction of sp³-hybridized carbons (Fsp3) is 0.679. The Morgan fingerprint density at radius 3 is 2.03 bits per heavy atom. The summed E-state index contributed by atoms with van der Waals surface area (Å²) in [6, 6.07) is 5.99. The second-order valence-corrected chi connectivity index (χ2v) is 11.3. The molecular formula is C28H47N3O4. The minimum absolute atomic E-state index is 0.165. The van der Waals surface area contributed by atoms with Gasteiger partial charge in [-0.1, -0.05) is 63.4 Å². The molecule has 0 saturated heterocycles. The summed E-state index contributed by atoms with van der Waals surface area (Å²) in [7, 11) is 0. The molecule has 0 spiro atoms.